The third-order valence-electron chi connectivity index (χ3n) is 5.25. The maximum Gasteiger partial charge on any atom is 0.573 e. The monoisotopic (exact) mass is 422 g/mol. The first-order chi connectivity index (χ1) is 14.3. The molecule has 2 aromatic rings. The van der Waals surface area contributed by atoms with Crippen molar-refractivity contribution in [1.82, 2.24) is 9.88 Å². The Hall–Kier alpha value is -2.77. The lowest BCUT2D eigenvalue weighted by molar-refractivity contribution is -0.274. The molecule has 0 bridgehead atoms. The van der Waals surface area contributed by atoms with Crippen molar-refractivity contribution in [3.8, 4) is 11.8 Å². The van der Waals surface area contributed by atoms with E-state index in [9.17, 15) is 23.5 Å². The van der Waals surface area contributed by atoms with Crippen LogP contribution in [0.3, 0.4) is 0 Å². The van der Waals surface area contributed by atoms with E-state index in [2.05, 4.69) is 20.7 Å². The van der Waals surface area contributed by atoms with Gasteiger partial charge in [-0.25, -0.2) is 4.98 Å². The number of aromatic nitrogens is 1. The van der Waals surface area contributed by atoms with Crippen LogP contribution in [-0.4, -0.2) is 54.1 Å². The number of β-amino-alcohol motifs (C(OH)–C–C–N with tert-alkyl or cyclic N) is 1. The number of alkyl halides is 3. The Kier molecular flexibility index (Phi) is 5.58. The number of benzene rings is 1. The number of ether oxygens (including phenoxy) is 1. The van der Waals surface area contributed by atoms with Crippen LogP contribution in [0.25, 0.3) is 0 Å². The van der Waals surface area contributed by atoms with Gasteiger partial charge < -0.3 is 19.2 Å². The Balaban J connectivity index is 1.31. The van der Waals surface area contributed by atoms with Crippen molar-refractivity contribution >= 4 is 5.88 Å². The molecular formula is C20H21F3N4O3. The molecular weight excluding hydrogens is 401 g/mol. The highest BCUT2D eigenvalue weighted by Gasteiger charge is 2.33. The van der Waals surface area contributed by atoms with Crippen molar-refractivity contribution in [2.45, 2.75) is 31.2 Å². The summed E-state index contributed by atoms with van der Waals surface area (Å²) in [6, 6.07) is 7.33. The average molecular weight is 422 g/mol. The molecule has 7 nitrogen and oxygen atoms in total. The van der Waals surface area contributed by atoms with Crippen LogP contribution in [0.1, 0.15) is 42.0 Å². The topological polar surface area (TPSA) is 85.8 Å². The minimum Gasteiger partial charge on any atom is -0.423 e. The number of hydrogen-bond donors (Lipinski definition) is 1. The van der Waals surface area contributed by atoms with Crippen molar-refractivity contribution in [2.75, 3.05) is 37.6 Å². The third-order valence-corrected chi connectivity index (χ3v) is 5.25. The van der Waals surface area contributed by atoms with Crippen LogP contribution in [0.2, 0.25) is 0 Å². The summed E-state index contributed by atoms with van der Waals surface area (Å²) in [7, 11) is 0. The second-order valence-electron chi connectivity index (χ2n) is 7.51. The molecule has 1 aromatic heterocycles. The first-order valence-corrected chi connectivity index (χ1v) is 9.74. The highest BCUT2D eigenvalue weighted by atomic mass is 19.4. The van der Waals surface area contributed by atoms with Gasteiger partial charge in [-0.1, -0.05) is 12.1 Å². The molecule has 1 N–H and O–H groups in total. The first kappa shape index (κ1) is 20.5. The lowest BCUT2D eigenvalue weighted by Gasteiger charge is -2.35. The van der Waals surface area contributed by atoms with Gasteiger partial charge in [0, 0.05) is 38.6 Å². The van der Waals surface area contributed by atoms with Gasteiger partial charge in [0.1, 0.15) is 11.8 Å². The molecule has 1 aliphatic heterocycles. The highest BCUT2D eigenvalue weighted by Crippen LogP contribution is 2.41. The van der Waals surface area contributed by atoms with E-state index in [1.54, 1.807) is 0 Å². The minimum atomic E-state index is -4.74. The Labute approximate surface area is 171 Å². The van der Waals surface area contributed by atoms with Gasteiger partial charge in [0.05, 0.1) is 6.10 Å². The van der Waals surface area contributed by atoms with E-state index >= 15 is 0 Å². The molecule has 4 rings (SSSR count). The molecule has 2 fully saturated rings. The predicted octanol–water partition coefficient (Wildman–Crippen LogP) is 3.18. The Morgan fingerprint density at radius 3 is 2.43 bits per heavy atom. The van der Waals surface area contributed by atoms with Crippen LogP contribution in [0.15, 0.2) is 28.7 Å². The van der Waals surface area contributed by atoms with Crippen LogP contribution < -0.4 is 9.64 Å². The number of halogens is 3. The number of oxazole rings is 1. The van der Waals surface area contributed by atoms with E-state index in [1.165, 1.54) is 24.3 Å². The minimum absolute atomic E-state index is 0.312. The predicted molar refractivity (Wildman–Crippen MR) is 99.9 cm³/mol. The summed E-state index contributed by atoms with van der Waals surface area (Å²) in [6.07, 6.45) is -3.49. The molecule has 1 atom stereocenters. The summed E-state index contributed by atoms with van der Waals surface area (Å²) in [5.41, 5.74) is 0.828. The van der Waals surface area contributed by atoms with Crippen LogP contribution in [-0.2, 0) is 0 Å². The van der Waals surface area contributed by atoms with E-state index in [1.807, 2.05) is 4.90 Å². The zero-order valence-electron chi connectivity index (χ0n) is 16.1. The molecule has 160 valence electrons. The fourth-order valence-corrected chi connectivity index (χ4v) is 3.50. The molecule has 2 heterocycles. The molecule has 1 aliphatic carbocycles. The lowest BCUT2D eigenvalue weighted by atomic mass is 10.1. The average Bonchev–Trinajstić information content (AvgIpc) is 3.47. The fourth-order valence-electron chi connectivity index (χ4n) is 3.50. The number of aliphatic hydroxyl groups is 1. The zero-order valence-corrected chi connectivity index (χ0v) is 16.1. The number of anilines is 1. The molecule has 10 heteroatoms. The van der Waals surface area contributed by atoms with Crippen molar-refractivity contribution in [2.24, 2.45) is 0 Å². The van der Waals surface area contributed by atoms with Crippen LogP contribution in [0.4, 0.5) is 19.1 Å². The van der Waals surface area contributed by atoms with Gasteiger partial charge in [-0.2, -0.15) is 5.26 Å². The summed E-state index contributed by atoms with van der Waals surface area (Å²) in [5, 5.41) is 19.8. The van der Waals surface area contributed by atoms with Crippen LogP contribution in [0.5, 0.6) is 5.75 Å². The van der Waals surface area contributed by atoms with Gasteiger partial charge in [-0.05, 0) is 30.5 Å². The smallest absolute Gasteiger partial charge is 0.423 e. The van der Waals surface area contributed by atoms with Gasteiger partial charge in [-0.3, -0.25) is 4.90 Å². The van der Waals surface area contributed by atoms with Crippen molar-refractivity contribution < 1.29 is 27.4 Å². The van der Waals surface area contributed by atoms with E-state index in [0.717, 1.165) is 12.8 Å². The molecule has 1 unspecified atom stereocenters. The standard InChI is InChI=1S/C20H21F3N4O3/c21-20(22,23)30-15-5-3-13(4-6-15)17(28)12-26-7-9-27(10-8-26)19-16(11-24)25-18(29-19)14-1-2-14/h3-6,14,17,28H,1-2,7-10,12H2. The zero-order chi connectivity index (χ0) is 21.3. The Morgan fingerprint density at radius 2 is 1.87 bits per heavy atom. The number of nitriles is 1. The molecule has 1 saturated carbocycles. The fraction of sp³-hybridized carbons (Fsp3) is 0.500. The van der Waals surface area contributed by atoms with E-state index in [-0.39, 0.29) is 5.75 Å². The van der Waals surface area contributed by atoms with Crippen molar-refractivity contribution in [3.63, 3.8) is 0 Å². The third kappa shape index (κ3) is 4.86. The number of rotatable bonds is 6. The molecule has 0 spiro atoms. The van der Waals surface area contributed by atoms with E-state index in [4.69, 9.17) is 4.42 Å². The quantitative estimate of drug-likeness (QED) is 0.765. The number of nitrogens with zero attached hydrogens (tertiary/aromatic N) is 4. The van der Waals surface area contributed by atoms with Crippen LogP contribution in [0, 0.1) is 11.3 Å². The number of aliphatic hydroxyl groups excluding tert-OH is 1. The van der Waals surface area contributed by atoms with Gasteiger partial charge in [0.15, 0.2) is 0 Å². The molecule has 1 aromatic carbocycles. The van der Waals surface area contributed by atoms with Gasteiger partial charge in [0.2, 0.25) is 17.5 Å². The van der Waals surface area contributed by atoms with Gasteiger partial charge in [-0.15, -0.1) is 13.2 Å². The first-order valence-electron chi connectivity index (χ1n) is 9.74. The van der Waals surface area contributed by atoms with E-state index in [0.29, 0.717) is 61.7 Å². The lowest BCUT2D eigenvalue weighted by Crippen LogP contribution is -2.47. The summed E-state index contributed by atoms with van der Waals surface area (Å²) >= 11 is 0. The Morgan fingerprint density at radius 1 is 1.20 bits per heavy atom. The molecule has 2 aliphatic rings. The Bertz CT molecular complexity index is 911. The molecule has 30 heavy (non-hydrogen) atoms. The highest BCUT2D eigenvalue weighted by molar-refractivity contribution is 5.48. The van der Waals surface area contributed by atoms with Crippen molar-refractivity contribution in [3.05, 3.63) is 41.4 Å². The van der Waals surface area contributed by atoms with E-state index < -0.39 is 12.5 Å². The number of piperazine rings is 1. The van der Waals surface area contributed by atoms with Gasteiger partial charge >= 0.3 is 6.36 Å². The second kappa shape index (κ2) is 8.16. The largest absolute Gasteiger partial charge is 0.573 e. The summed E-state index contributed by atoms with van der Waals surface area (Å²) in [5.74, 6) is 1.16. The van der Waals surface area contributed by atoms with Crippen LogP contribution >= 0.6 is 0 Å². The molecule has 0 amide bonds. The van der Waals surface area contributed by atoms with Gasteiger partial charge in [0.25, 0.3) is 0 Å². The summed E-state index contributed by atoms with van der Waals surface area (Å²) < 4.78 is 46.4. The van der Waals surface area contributed by atoms with Crippen molar-refractivity contribution in [1.29, 1.82) is 5.26 Å². The summed E-state index contributed by atoms with van der Waals surface area (Å²) in [6.45, 7) is 2.90. The normalized spacial score (nSPS) is 18.8. The number of hydrogen-bond acceptors (Lipinski definition) is 7. The maximum absolute atomic E-state index is 12.2. The molecule has 1 saturated heterocycles. The SMILES string of the molecule is N#Cc1nc(C2CC2)oc1N1CCN(CC(O)c2ccc(OC(F)(F)F)cc2)CC1. The molecule has 0 radical (unpaired) electrons. The maximum atomic E-state index is 12.2. The second-order valence-corrected chi connectivity index (χ2v) is 7.51. The summed E-state index contributed by atoms with van der Waals surface area (Å²) in [4.78, 5) is 8.35.